The van der Waals surface area contributed by atoms with E-state index in [1.165, 1.54) is 5.56 Å². The predicted octanol–water partition coefficient (Wildman–Crippen LogP) is 2.71. The van der Waals surface area contributed by atoms with E-state index in [0.717, 1.165) is 24.2 Å². The Morgan fingerprint density at radius 2 is 2.00 bits per heavy atom. The molecule has 0 radical (unpaired) electrons. The lowest BCUT2D eigenvalue weighted by molar-refractivity contribution is 0.159. The molecule has 0 saturated carbocycles. The van der Waals surface area contributed by atoms with Crippen molar-refractivity contribution in [3.63, 3.8) is 0 Å². The number of pyridine rings is 1. The molecule has 0 aliphatic carbocycles. The average molecular weight is 329 g/mol. The Hall–Kier alpha value is -2.11. The zero-order chi connectivity index (χ0) is 17.6. The third-order valence-corrected chi connectivity index (χ3v) is 4.18. The van der Waals surface area contributed by atoms with Crippen molar-refractivity contribution in [3.8, 4) is 5.75 Å². The molecule has 0 aliphatic heterocycles. The smallest absolute Gasteiger partial charge is 0.123 e. The Balaban J connectivity index is 1.87. The summed E-state index contributed by atoms with van der Waals surface area (Å²) in [7, 11) is 1.69. The van der Waals surface area contributed by atoms with Gasteiger partial charge in [-0.15, -0.1) is 0 Å². The maximum absolute atomic E-state index is 10.3. The van der Waals surface area contributed by atoms with Gasteiger partial charge in [0.15, 0.2) is 0 Å². The molecule has 2 rings (SSSR count). The number of nitrogen functional groups attached to an aromatic ring is 1. The van der Waals surface area contributed by atoms with Crippen molar-refractivity contribution >= 4 is 5.82 Å². The molecule has 1 aromatic carbocycles. The van der Waals surface area contributed by atoms with Crippen molar-refractivity contribution in [2.24, 2.45) is 0 Å². The summed E-state index contributed by atoms with van der Waals surface area (Å²) in [5, 5.41) is 13.7. The fourth-order valence-electron chi connectivity index (χ4n) is 2.55. The third-order valence-electron chi connectivity index (χ3n) is 4.18. The SMILES string of the molecule is COc1ccccc1CCC(C)(C)NC[C@H](O)c1ccc(N)nc1. The molecule has 0 unspecified atom stereocenters. The van der Waals surface area contributed by atoms with Crippen LogP contribution < -0.4 is 15.8 Å². The van der Waals surface area contributed by atoms with Crippen LogP contribution in [0.25, 0.3) is 0 Å². The number of nitrogens with one attached hydrogen (secondary N) is 1. The van der Waals surface area contributed by atoms with E-state index in [4.69, 9.17) is 10.5 Å². The number of para-hydroxylation sites is 1. The number of hydrogen-bond donors (Lipinski definition) is 3. The van der Waals surface area contributed by atoms with Gasteiger partial charge < -0.3 is 20.9 Å². The van der Waals surface area contributed by atoms with Gasteiger partial charge >= 0.3 is 0 Å². The highest BCUT2D eigenvalue weighted by molar-refractivity contribution is 5.33. The van der Waals surface area contributed by atoms with Crippen molar-refractivity contribution in [2.75, 3.05) is 19.4 Å². The van der Waals surface area contributed by atoms with Gasteiger partial charge in [-0.1, -0.05) is 24.3 Å². The summed E-state index contributed by atoms with van der Waals surface area (Å²) < 4.78 is 5.40. The average Bonchev–Trinajstić information content (AvgIpc) is 2.59. The van der Waals surface area contributed by atoms with Crippen LogP contribution in [0.15, 0.2) is 42.6 Å². The molecule has 0 bridgehead atoms. The molecule has 0 saturated heterocycles. The summed E-state index contributed by atoms with van der Waals surface area (Å²) in [4.78, 5) is 4.02. The molecule has 24 heavy (non-hydrogen) atoms. The van der Waals surface area contributed by atoms with Gasteiger partial charge in [-0.05, 0) is 44.4 Å². The zero-order valence-corrected chi connectivity index (χ0v) is 14.6. The van der Waals surface area contributed by atoms with Crippen molar-refractivity contribution in [1.29, 1.82) is 0 Å². The molecule has 4 N–H and O–H groups in total. The predicted molar refractivity (Wildman–Crippen MR) is 97.0 cm³/mol. The minimum atomic E-state index is -0.608. The van der Waals surface area contributed by atoms with E-state index in [0.29, 0.717) is 12.4 Å². The molecule has 0 aliphatic rings. The van der Waals surface area contributed by atoms with Crippen molar-refractivity contribution in [1.82, 2.24) is 10.3 Å². The molecule has 0 amide bonds. The van der Waals surface area contributed by atoms with E-state index < -0.39 is 6.10 Å². The van der Waals surface area contributed by atoms with Crippen molar-refractivity contribution in [3.05, 3.63) is 53.7 Å². The van der Waals surface area contributed by atoms with Gasteiger partial charge in [-0.2, -0.15) is 0 Å². The number of β-amino-alcohol motifs (C(OH)–C–C–N with tert-alkyl or cyclic N) is 1. The summed E-state index contributed by atoms with van der Waals surface area (Å²) in [6.45, 7) is 4.73. The number of benzene rings is 1. The second-order valence-corrected chi connectivity index (χ2v) is 6.61. The van der Waals surface area contributed by atoms with E-state index in [1.54, 1.807) is 25.4 Å². The van der Waals surface area contributed by atoms with Crippen molar-refractivity contribution < 1.29 is 9.84 Å². The van der Waals surface area contributed by atoms with Gasteiger partial charge in [-0.3, -0.25) is 0 Å². The van der Waals surface area contributed by atoms with Gasteiger partial charge in [-0.25, -0.2) is 4.98 Å². The van der Waals surface area contributed by atoms with Crippen LogP contribution in [-0.2, 0) is 6.42 Å². The van der Waals surface area contributed by atoms with Crippen LogP contribution in [0.4, 0.5) is 5.82 Å². The Labute approximate surface area is 143 Å². The van der Waals surface area contributed by atoms with E-state index >= 15 is 0 Å². The normalized spacial score (nSPS) is 12.8. The number of ether oxygens (including phenoxy) is 1. The highest BCUT2D eigenvalue weighted by Gasteiger charge is 2.20. The molecular weight excluding hydrogens is 302 g/mol. The molecular formula is C19H27N3O2. The Kier molecular flexibility index (Phi) is 6.17. The molecule has 0 fully saturated rings. The van der Waals surface area contributed by atoms with E-state index in [2.05, 4.69) is 30.2 Å². The van der Waals surface area contributed by atoms with Gasteiger partial charge in [0.05, 0.1) is 13.2 Å². The topological polar surface area (TPSA) is 80.4 Å². The number of aryl methyl sites for hydroxylation is 1. The molecule has 1 aromatic heterocycles. The van der Waals surface area contributed by atoms with Crippen LogP contribution in [0, 0.1) is 0 Å². The minimum absolute atomic E-state index is 0.108. The van der Waals surface area contributed by atoms with Gasteiger partial charge in [0.1, 0.15) is 11.6 Å². The first-order chi connectivity index (χ1) is 11.4. The standard InChI is InChI=1S/C19H27N3O2/c1-19(2,11-10-14-6-4-5-7-17(14)24-3)22-13-16(23)15-8-9-18(20)21-12-15/h4-9,12,16,22-23H,10-11,13H2,1-3H3,(H2,20,21)/t16-/m0/s1. The molecule has 5 heteroatoms. The fraction of sp³-hybridized carbons (Fsp3) is 0.421. The summed E-state index contributed by atoms with van der Waals surface area (Å²) in [5.41, 5.74) is 7.42. The highest BCUT2D eigenvalue weighted by atomic mass is 16.5. The number of aliphatic hydroxyl groups excluding tert-OH is 1. The number of aromatic nitrogens is 1. The second kappa shape index (κ2) is 8.13. The largest absolute Gasteiger partial charge is 0.496 e. The number of aliphatic hydroxyl groups is 1. The number of rotatable bonds is 8. The second-order valence-electron chi connectivity index (χ2n) is 6.61. The van der Waals surface area contributed by atoms with Gasteiger partial charge in [0.25, 0.3) is 0 Å². The summed E-state index contributed by atoms with van der Waals surface area (Å²) in [6, 6.07) is 11.6. The lowest BCUT2D eigenvalue weighted by Crippen LogP contribution is -2.42. The quantitative estimate of drug-likeness (QED) is 0.694. The molecule has 5 nitrogen and oxygen atoms in total. The Morgan fingerprint density at radius 1 is 1.25 bits per heavy atom. The minimum Gasteiger partial charge on any atom is -0.496 e. The Bertz CT molecular complexity index is 641. The summed E-state index contributed by atoms with van der Waals surface area (Å²) in [5.74, 6) is 1.37. The van der Waals surface area contributed by atoms with Crippen LogP contribution >= 0.6 is 0 Å². The number of anilines is 1. The van der Waals surface area contributed by atoms with E-state index in [9.17, 15) is 5.11 Å². The number of nitrogens with two attached hydrogens (primary N) is 1. The van der Waals surface area contributed by atoms with Crippen LogP contribution in [0.2, 0.25) is 0 Å². The third kappa shape index (κ3) is 5.22. The number of nitrogens with zero attached hydrogens (tertiary/aromatic N) is 1. The first kappa shape index (κ1) is 18.2. The molecule has 1 atom stereocenters. The first-order valence-electron chi connectivity index (χ1n) is 8.18. The number of methoxy groups -OCH3 is 1. The maximum Gasteiger partial charge on any atom is 0.123 e. The zero-order valence-electron chi connectivity index (χ0n) is 14.6. The fourth-order valence-corrected chi connectivity index (χ4v) is 2.55. The van der Waals surface area contributed by atoms with Gasteiger partial charge in [0, 0.05) is 23.8 Å². The van der Waals surface area contributed by atoms with Crippen LogP contribution in [0.1, 0.15) is 37.5 Å². The van der Waals surface area contributed by atoms with Crippen molar-refractivity contribution in [2.45, 2.75) is 38.3 Å². The monoisotopic (exact) mass is 329 g/mol. The molecule has 2 aromatic rings. The van der Waals surface area contributed by atoms with Crippen LogP contribution in [0.5, 0.6) is 5.75 Å². The maximum atomic E-state index is 10.3. The molecule has 130 valence electrons. The summed E-state index contributed by atoms with van der Waals surface area (Å²) >= 11 is 0. The first-order valence-corrected chi connectivity index (χ1v) is 8.18. The highest BCUT2D eigenvalue weighted by Crippen LogP contribution is 2.22. The molecule has 1 heterocycles. The van der Waals surface area contributed by atoms with Crippen LogP contribution in [0.3, 0.4) is 0 Å². The van der Waals surface area contributed by atoms with Gasteiger partial charge in [0.2, 0.25) is 0 Å². The van der Waals surface area contributed by atoms with Crippen LogP contribution in [-0.4, -0.2) is 29.3 Å². The lowest BCUT2D eigenvalue weighted by atomic mass is 9.94. The number of hydrogen-bond acceptors (Lipinski definition) is 5. The van der Waals surface area contributed by atoms with E-state index in [1.807, 2.05) is 18.2 Å². The molecule has 0 spiro atoms. The van der Waals surface area contributed by atoms with E-state index in [-0.39, 0.29) is 5.54 Å². The lowest BCUT2D eigenvalue weighted by Gasteiger charge is -2.28. The summed E-state index contributed by atoms with van der Waals surface area (Å²) in [6.07, 6.45) is 2.84. The Morgan fingerprint density at radius 3 is 2.67 bits per heavy atom.